The maximum atomic E-state index is 10.5. The van der Waals surface area contributed by atoms with Crippen molar-refractivity contribution in [2.24, 2.45) is 21.2 Å². The van der Waals surface area contributed by atoms with Crippen molar-refractivity contribution in [2.45, 2.75) is 28.7 Å². The van der Waals surface area contributed by atoms with Crippen LogP contribution in [0.3, 0.4) is 0 Å². The van der Waals surface area contributed by atoms with Gasteiger partial charge in [0.1, 0.15) is 6.61 Å². The number of hydrogen-bond donors (Lipinski definition) is 1. The molecule has 0 radical (unpaired) electrons. The molecule has 0 aliphatic heterocycles. The predicted octanol–water partition coefficient (Wildman–Crippen LogP) is -2.80. The van der Waals surface area contributed by atoms with Gasteiger partial charge in [-0.3, -0.25) is 0 Å². The average Bonchev–Trinajstić information content (AvgIpc) is 2.16. The van der Waals surface area contributed by atoms with E-state index in [2.05, 4.69) is 10.1 Å². The molecule has 0 aliphatic carbocycles. The number of aliphatic hydroxyl groups excluding tert-OH is 1. The topological polar surface area (TPSA) is 132 Å². The third-order valence-corrected chi connectivity index (χ3v) is 0.249. The van der Waals surface area contributed by atoms with E-state index < -0.39 is 0 Å². The molecule has 18 heavy (non-hydrogen) atoms. The van der Waals surface area contributed by atoms with E-state index in [1.54, 1.807) is 13.8 Å². The SMILES string of the molecule is C.C.CCO.CCON=NF.[Na+].[Na+].[O-]N=NF.[OH-]. The largest absolute Gasteiger partial charge is 1.00 e. The first-order valence-electron chi connectivity index (χ1n) is 3.12. The molecular weight excluding hydrogens is 276 g/mol. The zero-order valence-corrected chi connectivity index (χ0v) is 13.7. The molecule has 0 aromatic carbocycles. The standard InChI is InChI=1S/C2H5FN2O.C2H6O.2CH4.FHN2O.2Na.H2O/c1-2-6-5-4-3;1-2-3;;;1-2-3-4;;;/h2H2,1H3;3H,2H2,1H3;2*1H4;(H,2,4);;;1H2/q;;;;;2*+1;/p-2. The second-order valence-electron chi connectivity index (χ2n) is 1.05. The minimum Gasteiger partial charge on any atom is -0.870 e. The fraction of sp³-hybridized carbons (Fsp3) is 1.00. The van der Waals surface area contributed by atoms with Gasteiger partial charge in [0.2, 0.25) is 0 Å². The van der Waals surface area contributed by atoms with Gasteiger partial charge in [0, 0.05) is 11.9 Å². The Morgan fingerprint density at radius 3 is 1.44 bits per heavy atom. The van der Waals surface area contributed by atoms with Crippen LogP contribution in [0, 0.1) is 5.21 Å². The van der Waals surface area contributed by atoms with Gasteiger partial charge in [-0.2, -0.15) is 5.28 Å². The zero-order chi connectivity index (χ0) is 10.9. The molecule has 0 atom stereocenters. The van der Waals surface area contributed by atoms with Gasteiger partial charge in [-0.05, 0) is 13.8 Å². The first-order chi connectivity index (χ1) is 6.24. The van der Waals surface area contributed by atoms with E-state index in [4.69, 9.17) is 10.3 Å². The molecule has 0 fully saturated rings. The number of aliphatic hydroxyl groups is 1. The molecule has 0 bridgehead atoms. The van der Waals surface area contributed by atoms with Crippen molar-refractivity contribution in [3.8, 4) is 0 Å². The van der Waals surface area contributed by atoms with Gasteiger partial charge in [0.15, 0.2) is 0 Å². The van der Waals surface area contributed by atoms with Gasteiger partial charge in [0.05, 0.1) is 10.6 Å². The van der Waals surface area contributed by atoms with Gasteiger partial charge in [-0.15, -0.1) is 0 Å². The second-order valence-corrected chi connectivity index (χ2v) is 1.05. The molecule has 0 aliphatic rings. The summed E-state index contributed by atoms with van der Waals surface area (Å²) in [5.74, 6) is 0. The van der Waals surface area contributed by atoms with Crippen LogP contribution < -0.4 is 59.1 Å². The number of halogens is 2. The van der Waals surface area contributed by atoms with Crippen molar-refractivity contribution < 1.29 is 83.5 Å². The number of rotatable bonds is 2. The molecule has 0 amide bonds. The molecule has 12 heteroatoms. The summed E-state index contributed by atoms with van der Waals surface area (Å²) in [6, 6.07) is 0. The van der Waals surface area contributed by atoms with Crippen LogP contribution >= 0.6 is 0 Å². The first kappa shape index (κ1) is 51.3. The summed E-state index contributed by atoms with van der Waals surface area (Å²) < 4.78 is 20.4. The molecule has 0 unspecified atom stereocenters. The quantitative estimate of drug-likeness (QED) is 0.335. The number of hydrogen-bond acceptors (Lipinski definition) is 8. The van der Waals surface area contributed by atoms with Crippen molar-refractivity contribution in [3.05, 3.63) is 5.21 Å². The van der Waals surface area contributed by atoms with Crippen molar-refractivity contribution >= 4 is 0 Å². The maximum Gasteiger partial charge on any atom is 1.00 e. The molecule has 0 saturated carbocycles. The van der Waals surface area contributed by atoms with E-state index in [0.29, 0.717) is 6.61 Å². The van der Waals surface area contributed by atoms with E-state index in [9.17, 15) is 8.96 Å². The Kier molecular flexibility index (Phi) is 240. The van der Waals surface area contributed by atoms with E-state index in [1.807, 2.05) is 5.34 Å². The zero-order valence-electron chi connectivity index (χ0n) is 9.67. The van der Waals surface area contributed by atoms with Crippen LogP contribution in [0.2, 0.25) is 0 Å². The molecule has 2 N–H and O–H groups in total. The summed E-state index contributed by atoms with van der Waals surface area (Å²) in [6.45, 7) is 3.97. The van der Waals surface area contributed by atoms with E-state index >= 15 is 0 Å². The van der Waals surface area contributed by atoms with Gasteiger partial charge in [-0.1, -0.05) is 23.8 Å². The molecule has 0 spiro atoms. The van der Waals surface area contributed by atoms with Crippen molar-refractivity contribution in [1.29, 1.82) is 0 Å². The Labute approximate surface area is 151 Å². The van der Waals surface area contributed by atoms with Crippen molar-refractivity contribution in [3.63, 3.8) is 0 Å². The normalized spacial score (nSPS) is 6.28. The van der Waals surface area contributed by atoms with E-state index in [1.165, 1.54) is 10.6 Å². The first-order valence-corrected chi connectivity index (χ1v) is 3.12. The van der Waals surface area contributed by atoms with Gasteiger partial charge < -0.3 is 20.6 Å². The minimum absolute atomic E-state index is 0. The summed E-state index contributed by atoms with van der Waals surface area (Å²) in [6.07, 6.45) is 0. The average molecular weight is 296 g/mol. The smallest absolute Gasteiger partial charge is 0.870 e. The third-order valence-electron chi connectivity index (χ3n) is 0.249. The van der Waals surface area contributed by atoms with Crippen molar-refractivity contribution in [2.75, 3.05) is 13.2 Å². The monoisotopic (exact) mass is 296 g/mol. The number of nitrogens with zero attached hydrogens (tertiary/aromatic N) is 4. The van der Waals surface area contributed by atoms with Crippen LogP contribution in [-0.2, 0) is 4.84 Å². The molecule has 0 rings (SSSR count). The van der Waals surface area contributed by atoms with Crippen LogP contribution in [0.15, 0.2) is 21.2 Å². The van der Waals surface area contributed by atoms with Crippen LogP contribution in [0.5, 0.6) is 0 Å². The molecular formula is C6H20F2N4Na2O4. The van der Waals surface area contributed by atoms with E-state index in [0.717, 1.165) is 0 Å². The van der Waals surface area contributed by atoms with Crippen LogP contribution in [0.1, 0.15) is 28.7 Å². The Hall–Kier alpha value is 0.580. The van der Waals surface area contributed by atoms with Gasteiger partial charge in [0.25, 0.3) is 0 Å². The van der Waals surface area contributed by atoms with Gasteiger partial charge >= 0.3 is 59.1 Å². The predicted molar refractivity (Wildman–Crippen MR) is 55.1 cm³/mol. The summed E-state index contributed by atoms with van der Waals surface area (Å²) in [5.41, 5.74) is 0. The second kappa shape index (κ2) is 84.1. The van der Waals surface area contributed by atoms with Crippen LogP contribution in [0.25, 0.3) is 0 Å². The molecule has 104 valence electrons. The van der Waals surface area contributed by atoms with Crippen molar-refractivity contribution in [1.82, 2.24) is 0 Å². The molecule has 0 aromatic rings. The molecule has 0 heterocycles. The molecule has 0 aromatic heterocycles. The Bertz CT molecular complexity index is 124. The third kappa shape index (κ3) is 192. The van der Waals surface area contributed by atoms with Crippen LogP contribution in [0.4, 0.5) is 8.96 Å². The fourth-order valence-electron chi connectivity index (χ4n) is 0.0796. The summed E-state index contributed by atoms with van der Waals surface area (Å²) >= 11 is 0. The molecule has 8 nitrogen and oxygen atoms in total. The fourth-order valence-corrected chi connectivity index (χ4v) is 0.0796. The minimum atomic E-state index is 0. The Balaban J connectivity index is -0.0000000127. The van der Waals surface area contributed by atoms with Gasteiger partial charge in [-0.25, -0.2) is 0 Å². The maximum absolute atomic E-state index is 10.5. The summed E-state index contributed by atoms with van der Waals surface area (Å²) in [4.78, 5) is 4.07. The van der Waals surface area contributed by atoms with Crippen LogP contribution in [-0.4, -0.2) is 23.8 Å². The summed E-state index contributed by atoms with van der Waals surface area (Å²) in [5, 5.41) is 23.1. The molecule has 0 saturated heterocycles. The summed E-state index contributed by atoms with van der Waals surface area (Å²) in [7, 11) is 0. The Morgan fingerprint density at radius 2 is 1.39 bits per heavy atom. The van der Waals surface area contributed by atoms with E-state index in [-0.39, 0.29) is 86.1 Å². The Morgan fingerprint density at radius 1 is 1.11 bits per heavy atom.